The van der Waals surface area contributed by atoms with E-state index in [1.54, 1.807) is 19.5 Å². The molecule has 1 fully saturated rings. The summed E-state index contributed by atoms with van der Waals surface area (Å²) in [5.74, 6) is 1.36. The van der Waals surface area contributed by atoms with Crippen LogP contribution in [0.5, 0.6) is 0 Å². The molecule has 0 aromatic carbocycles. The van der Waals surface area contributed by atoms with Crippen LogP contribution in [0, 0.1) is 5.92 Å². The first-order valence-electron chi connectivity index (χ1n) is 5.51. The number of rotatable bonds is 3. The van der Waals surface area contributed by atoms with Crippen LogP contribution in [0.4, 0.5) is 5.82 Å². The number of methoxy groups -OCH3 is 1. The van der Waals surface area contributed by atoms with Crippen molar-refractivity contribution in [1.29, 1.82) is 0 Å². The Bertz CT molecular complexity index is 346. The molecule has 0 radical (unpaired) electrons. The highest BCUT2D eigenvalue weighted by Crippen LogP contribution is 2.25. The average molecular weight is 242 g/mol. The zero-order valence-electron chi connectivity index (χ0n) is 9.40. The molecule has 0 unspecified atom stereocenters. The predicted molar refractivity (Wildman–Crippen MR) is 63.9 cm³/mol. The van der Waals surface area contributed by atoms with Crippen LogP contribution in [-0.4, -0.2) is 36.8 Å². The van der Waals surface area contributed by atoms with E-state index in [-0.39, 0.29) is 0 Å². The molecule has 16 heavy (non-hydrogen) atoms. The van der Waals surface area contributed by atoms with Crippen molar-refractivity contribution in [3.8, 4) is 0 Å². The Morgan fingerprint density at radius 2 is 2.31 bits per heavy atom. The van der Waals surface area contributed by atoms with Gasteiger partial charge in [-0.25, -0.2) is 9.97 Å². The van der Waals surface area contributed by atoms with Gasteiger partial charge in [-0.15, -0.1) is 0 Å². The van der Waals surface area contributed by atoms with Crippen molar-refractivity contribution in [3.63, 3.8) is 0 Å². The van der Waals surface area contributed by atoms with E-state index in [0.29, 0.717) is 11.1 Å². The number of anilines is 1. The topological polar surface area (TPSA) is 38.2 Å². The Morgan fingerprint density at radius 3 is 3.06 bits per heavy atom. The van der Waals surface area contributed by atoms with E-state index >= 15 is 0 Å². The average Bonchev–Trinajstić information content (AvgIpc) is 2.30. The first-order valence-corrected chi connectivity index (χ1v) is 5.89. The third-order valence-corrected chi connectivity index (χ3v) is 3.12. The van der Waals surface area contributed by atoms with Crippen LogP contribution in [0.1, 0.15) is 12.8 Å². The second-order valence-electron chi connectivity index (χ2n) is 4.08. The maximum absolute atomic E-state index is 6.04. The summed E-state index contributed by atoms with van der Waals surface area (Å²) in [4.78, 5) is 10.5. The number of aromatic nitrogens is 2. The van der Waals surface area contributed by atoms with Crippen molar-refractivity contribution in [2.24, 2.45) is 5.92 Å². The summed E-state index contributed by atoms with van der Waals surface area (Å²) in [6.07, 6.45) is 5.66. The van der Waals surface area contributed by atoms with E-state index in [2.05, 4.69) is 14.9 Å². The van der Waals surface area contributed by atoms with E-state index in [1.165, 1.54) is 6.42 Å². The van der Waals surface area contributed by atoms with Crippen molar-refractivity contribution >= 4 is 17.4 Å². The highest BCUT2D eigenvalue weighted by atomic mass is 35.5. The van der Waals surface area contributed by atoms with Crippen LogP contribution in [0.15, 0.2) is 12.4 Å². The summed E-state index contributed by atoms with van der Waals surface area (Å²) in [5.41, 5.74) is 0. The normalized spacial score (nSPS) is 21.1. The molecule has 0 saturated carbocycles. The Balaban J connectivity index is 2.07. The van der Waals surface area contributed by atoms with Gasteiger partial charge >= 0.3 is 0 Å². The van der Waals surface area contributed by atoms with Gasteiger partial charge in [0.15, 0.2) is 11.0 Å². The van der Waals surface area contributed by atoms with Crippen LogP contribution in [0.2, 0.25) is 5.15 Å². The summed E-state index contributed by atoms with van der Waals surface area (Å²) >= 11 is 6.04. The Kier molecular flexibility index (Phi) is 3.96. The second-order valence-corrected chi connectivity index (χ2v) is 4.44. The molecule has 1 aliphatic heterocycles. The Hall–Kier alpha value is -0.870. The van der Waals surface area contributed by atoms with Gasteiger partial charge in [0, 0.05) is 32.6 Å². The van der Waals surface area contributed by atoms with Crippen molar-refractivity contribution in [2.75, 3.05) is 31.7 Å². The van der Waals surface area contributed by atoms with Crippen LogP contribution in [0.3, 0.4) is 0 Å². The van der Waals surface area contributed by atoms with Crippen molar-refractivity contribution in [3.05, 3.63) is 17.5 Å². The van der Waals surface area contributed by atoms with Gasteiger partial charge in [-0.05, 0) is 18.8 Å². The van der Waals surface area contributed by atoms with Crippen molar-refractivity contribution in [2.45, 2.75) is 12.8 Å². The SMILES string of the molecule is COC[C@@H]1CCCN(c2nccnc2Cl)C1. The minimum atomic E-state index is 0.487. The molecule has 0 bridgehead atoms. The van der Waals surface area contributed by atoms with Gasteiger partial charge < -0.3 is 9.64 Å². The van der Waals surface area contributed by atoms with Crippen molar-refractivity contribution in [1.82, 2.24) is 9.97 Å². The first-order chi connectivity index (χ1) is 7.81. The fourth-order valence-electron chi connectivity index (χ4n) is 2.16. The molecular weight excluding hydrogens is 226 g/mol. The fraction of sp³-hybridized carbons (Fsp3) is 0.636. The molecule has 1 atom stereocenters. The van der Waals surface area contributed by atoms with Gasteiger partial charge in [0.05, 0.1) is 6.61 Å². The molecule has 1 aromatic heterocycles. The van der Waals surface area contributed by atoms with Gasteiger partial charge in [-0.3, -0.25) is 0 Å². The zero-order valence-corrected chi connectivity index (χ0v) is 10.2. The van der Waals surface area contributed by atoms with E-state index < -0.39 is 0 Å². The summed E-state index contributed by atoms with van der Waals surface area (Å²) in [6.45, 7) is 2.75. The first kappa shape index (κ1) is 11.6. The van der Waals surface area contributed by atoms with Gasteiger partial charge in [0.2, 0.25) is 0 Å². The van der Waals surface area contributed by atoms with E-state index in [1.807, 2.05) is 0 Å². The van der Waals surface area contributed by atoms with Gasteiger partial charge in [0.1, 0.15) is 0 Å². The second kappa shape index (κ2) is 5.46. The summed E-state index contributed by atoms with van der Waals surface area (Å²) in [7, 11) is 1.74. The van der Waals surface area contributed by atoms with E-state index in [0.717, 1.165) is 31.9 Å². The minimum absolute atomic E-state index is 0.487. The largest absolute Gasteiger partial charge is 0.384 e. The molecule has 0 spiro atoms. The molecule has 2 rings (SSSR count). The molecule has 1 aliphatic rings. The number of hydrogen-bond donors (Lipinski definition) is 0. The number of ether oxygens (including phenoxy) is 1. The molecular formula is C11H16ClN3O. The predicted octanol–water partition coefficient (Wildman–Crippen LogP) is 1.99. The maximum atomic E-state index is 6.04. The zero-order chi connectivity index (χ0) is 11.4. The van der Waals surface area contributed by atoms with Crippen LogP contribution in [0.25, 0.3) is 0 Å². The third-order valence-electron chi connectivity index (χ3n) is 2.86. The molecule has 0 N–H and O–H groups in total. The summed E-state index contributed by atoms with van der Waals surface area (Å²) < 4.78 is 5.20. The monoisotopic (exact) mass is 241 g/mol. The molecule has 2 heterocycles. The van der Waals surface area contributed by atoms with Gasteiger partial charge in [-0.2, -0.15) is 0 Å². The number of hydrogen-bond acceptors (Lipinski definition) is 4. The number of piperidine rings is 1. The van der Waals surface area contributed by atoms with Gasteiger partial charge in [0.25, 0.3) is 0 Å². The number of halogens is 1. The highest BCUT2D eigenvalue weighted by molar-refractivity contribution is 6.31. The van der Waals surface area contributed by atoms with E-state index in [9.17, 15) is 0 Å². The fourth-order valence-corrected chi connectivity index (χ4v) is 2.38. The Labute approximate surface area is 101 Å². The lowest BCUT2D eigenvalue weighted by Crippen LogP contribution is -2.37. The molecule has 1 saturated heterocycles. The van der Waals surface area contributed by atoms with Crippen LogP contribution < -0.4 is 4.90 Å². The summed E-state index contributed by atoms with van der Waals surface area (Å²) in [6, 6.07) is 0. The standard InChI is InChI=1S/C11H16ClN3O/c1-16-8-9-3-2-6-15(7-9)11-10(12)13-4-5-14-11/h4-5,9H,2-3,6-8H2,1H3/t9-/m1/s1. The molecule has 0 amide bonds. The van der Waals surface area contributed by atoms with E-state index in [4.69, 9.17) is 16.3 Å². The molecule has 5 heteroatoms. The lowest BCUT2D eigenvalue weighted by atomic mass is 9.99. The molecule has 4 nitrogen and oxygen atoms in total. The number of nitrogens with zero attached hydrogens (tertiary/aromatic N) is 3. The molecule has 0 aliphatic carbocycles. The Morgan fingerprint density at radius 1 is 1.50 bits per heavy atom. The molecule has 1 aromatic rings. The third kappa shape index (κ3) is 2.62. The van der Waals surface area contributed by atoms with Crippen molar-refractivity contribution < 1.29 is 4.74 Å². The van der Waals surface area contributed by atoms with Crippen LogP contribution >= 0.6 is 11.6 Å². The van der Waals surface area contributed by atoms with Crippen LogP contribution in [-0.2, 0) is 4.74 Å². The lowest BCUT2D eigenvalue weighted by molar-refractivity contribution is 0.143. The minimum Gasteiger partial charge on any atom is -0.384 e. The lowest BCUT2D eigenvalue weighted by Gasteiger charge is -2.33. The smallest absolute Gasteiger partial charge is 0.171 e. The highest BCUT2D eigenvalue weighted by Gasteiger charge is 2.22. The van der Waals surface area contributed by atoms with Gasteiger partial charge in [-0.1, -0.05) is 11.6 Å². The maximum Gasteiger partial charge on any atom is 0.171 e. The molecule has 88 valence electrons. The quantitative estimate of drug-likeness (QED) is 0.811. The summed E-state index contributed by atoms with van der Waals surface area (Å²) in [5, 5.41) is 0.487.